The molecule has 1 unspecified atom stereocenters. The summed E-state index contributed by atoms with van der Waals surface area (Å²) in [5.74, 6) is -0.0318. The van der Waals surface area contributed by atoms with Crippen LogP contribution in [0.5, 0.6) is 0 Å². The molecule has 2 aromatic rings. The standard InChI is InChI=1S/C18H19ClN2O2.ClH/c19-15-7-5-13(6-8-15)16-4-2-1-3-14(16)11-21-18(22)17-12-23-10-9-20-17;/h1-8,17,20H,9-12H2,(H,21,22);1H. The third-order valence-corrected chi connectivity index (χ3v) is 4.12. The van der Waals surface area contributed by atoms with Gasteiger partial charge in [-0.3, -0.25) is 4.79 Å². The molecule has 4 nitrogen and oxygen atoms in total. The summed E-state index contributed by atoms with van der Waals surface area (Å²) in [5.41, 5.74) is 3.25. The van der Waals surface area contributed by atoms with Gasteiger partial charge < -0.3 is 15.4 Å². The van der Waals surface area contributed by atoms with Gasteiger partial charge in [-0.05, 0) is 28.8 Å². The lowest BCUT2D eigenvalue weighted by Gasteiger charge is -2.23. The van der Waals surface area contributed by atoms with Crippen LogP contribution in [0.4, 0.5) is 0 Å². The second-order valence-electron chi connectivity index (χ2n) is 5.46. The molecule has 0 bridgehead atoms. The molecule has 6 heteroatoms. The Labute approximate surface area is 153 Å². The molecule has 0 saturated carbocycles. The first-order valence-corrected chi connectivity index (χ1v) is 8.04. The number of ether oxygens (including phenoxy) is 1. The van der Waals surface area contributed by atoms with Gasteiger partial charge in [0.1, 0.15) is 6.04 Å². The fourth-order valence-corrected chi connectivity index (χ4v) is 2.75. The van der Waals surface area contributed by atoms with Crippen LogP contribution in [0, 0.1) is 0 Å². The van der Waals surface area contributed by atoms with Crippen molar-refractivity contribution in [2.24, 2.45) is 0 Å². The Morgan fingerprint density at radius 3 is 2.67 bits per heavy atom. The summed E-state index contributed by atoms with van der Waals surface area (Å²) < 4.78 is 5.32. The normalized spacial score (nSPS) is 17.0. The highest BCUT2D eigenvalue weighted by atomic mass is 35.5. The van der Waals surface area contributed by atoms with E-state index in [4.69, 9.17) is 16.3 Å². The fourth-order valence-electron chi connectivity index (χ4n) is 2.62. The van der Waals surface area contributed by atoms with Crippen molar-refractivity contribution in [3.05, 3.63) is 59.1 Å². The monoisotopic (exact) mass is 366 g/mol. The molecule has 1 atom stereocenters. The lowest BCUT2D eigenvalue weighted by molar-refractivity contribution is -0.126. The van der Waals surface area contributed by atoms with E-state index in [0.29, 0.717) is 31.3 Å². The molecular formula is C18H20Cl2N2O2. The second kappa shape index (κ2) is 9.04. The molecule has 1 aliphatic rings. The molecule has 0 spiro atoms. The maximum absolute atomic E-state index is 12.2. The molecular weight excluding hydrogens is 347 g/mol. The van der Waals surface area contributed by atoms with Crippen LogP contribution < -0.4 is 10.6 Å². The van der Waals surface area contributed by atoms with Crippen molar-refractivity contribution in [2.45, 2.75) is 12.6 Å². The van der Waals surface area contributed by atoms with Gasteiger partial charge in [0, 0.05) is 18.1 Å². The lowest BCUT2D eigenvalue weighted by atomic mass is 9.99. The molecule has 0 aliphatic carbocycles. The van der Waals surface area contributed by atoms with E-state index in [1.165, 1.54) is 0 Å². The minimum atomic E-state index is -0.272. The Bertz CT molecular complexity index is 671. The van der Waals surface area contributed by atoms with Crippen LogP contribution in [0.1, 0.15) is 5.56 Å². The minimum absolute atomic E-state index is 0. The Morgan fingerprint density at radius 2 is 1.96 bits per heavy atom. The van der Waals surface area contributed by atoms with Crippen LogP contribution in [0.2, 0.25) is 5.02 Å². The Kier molecular flexibility index (Phi) is 7.06. The van der Waals surface area contributed by atoms with Crippen LogP contribution >= 0.6 is 24.0 Å². The van der Waals surface area contributed by atoms with Gasteiger partial charge >= 0.3 is 0 Å². The van der Waals surface area contributed by atoms with Crippen LogP contribution in [0.25, 0.3) is 11.1 Å². The van der Waals surface area contributed by atoms with Crippen molar-refractivity contribution in [1.82, 2.24) is 10.6 Å². The third-order valence-electron chi connectivity index (χ3n) is 3.86. The first-order valence-electron chi connectivity index (χ1n) is 7.67. The van der Waals surface area contributed by atoms with E-state index in [9.17, 15) is 4.79 Å². The van der Waals surface area contributed by atoms with E-state index in [2.05, 4.69) is 10.6 Å². The smallest absolute Gasteiger partial charge is 0.239 e. The van der Waals surface area contributed by atoms with E-state index < -0.39 is 0 Å². The topological polar surface area (TPSA) is 50.4 Å². The number of amides is 1. The number of halogens is 2. The van der Waals surface area contributed by atoms with Crippen LogP contribution in [0.3, 0.4) is 0 Å². The van der Waals surface area contributed by atoms with Crippen molar-refractivity contribution in [3.8, 4) is 11.1 Å². The molecule has 3 rings (SSSR count). The zero-order chi connectivity index (χ0) is 16.1. The van der Waals surface area contributed by atoms with Crippen molar-refractivity contribution in [3.63, 3.8) is 0 Å². The molecule has 1 fully saturated rings. The molecule has 1 amide bonds. The Balaban J connectivity index is 0.00000208. The molecule has 1 saturated heterocycles. The predicted octanol–water partition coefficient (Wildman–Crippen LogP) is 3.03. The zero-order valence-electron chi connectivity index (χ0n) is 13.1. The Morgan fingerprint density at radius 1 is 1.21 bits per heavy atom. The molecule has 0 aromatic heterocycles. The summed E-state index contributed by atoms with van der Waals surface area (Å²) in [6.07, 6.45) is 0. The summed E-state index contributed by atoms with van der Waals surface area (Å²) in [6.45, 7) is 2.27. The van der Waals surface area contributed by atoms with E-state index in [1.54, 1.807) is 0 Å². The largest absolute Gasteiger partial charge is 0.378 e. The molecule has 128 valence electrons. The van der Waals surface area contributed by atoms with Gasteiger partial charge in [0.2, 0.25) is 5.91 Å². The van der Waals surface area contributed by atoms with E-state index in [-0.39, 0.29) is 24.4 Å². The highest BCUT2D eigenvalue weighted by Gasteiger charge is 2.20. The van der Waals surface area contributed by atoms with E-state index >= 15 is 0 Å². The summed E-state index contributed by atoms with van der Waals surface area (Å²) in [7, 11) is 0. The van der Waals surface area contributed by atoms with Gasteiger partial charge in [-0.25, -0.2) is 0 Å². The molecule has 1 aliphatic heterocycles. The van der Waals surface area contributed by atoms with Gasteiger partial charge in [0.15, 0.2) is 0 Å². The molecule has 1 heterocycles. The minimum Gasteiger partial charge on any atom is -0.378 e. The summed E-state index contributed by atoms with van der Waals surface area (Å²) >= 11 is 5.95. The number of carbonyl (C=O) groups excluding carboxylic acids is 1. The summed E-state index contributed by atoms with van der Waals surface area (Å²) in [4.78, 5) is 12.2. The van der Waals surface area contributed by atoms with Gasteiger partial charge in [0.05, 0.1) is 13.2 Å². The third kappa shape index (κ3) is 4.71. The Hall–Kier alpha value is -1.59. The molecule has 0 radical (unpaired) electrons. The first kappa shape index (κ1) is 18.7. The van der Waals surface area contributed by atoms with Crippen LogP contribution in [-0.2, 0) is 16.1 Å². The average molecular weight is 367 g/mol. The average Bonchev–Trinajstić information content (AvgIpc) is 2.61. The van der Waals surface area contributed by atoms with Gasteiger partial charge in [-0.15, -0.1) is 12.4 Å². The first-order chi connectivity index (χ1) is 11.2. The number of nitrogens with one attached hydrogen (secondary N) is 2. The van der Waals surface area contributed by atoms with Crippen molar-refractivity contribution in [1.29, 1.82) is 0 Å². The maximum Gasteiger partial charge on any atom is 0.239 e. The summed E-state index contributed by atoms with van der Waals surface area (Å²) in [6, 6.07) is 15.5. The molecule has 2 N–H and O–H groups in total. The number of hydrogen-bond donors (Lipinski definition) is 2. The number of hydrogen-bond acceptors (Lipinski definition) is 3. The summed E-state index contributed by atoms with van der Waals surface area (Å²) in [5, 5.41) is 6.85. The van der Waals surface area contributed by atoms with E-state index in [1.807, 2.05) is 48.5 Å². The number of rotatable bonds is 4. The predicted molar refractivity (Wildman–Crippen MR) is 98.6 cm³/mol. The van der Waals surface area contributed by atoms with E-state index in [0.717, 1.165) is 16.7 Å². The fraction of sp³-hybridized carbons (Fsp3) is 0.278. The van der Waals surface area contributed by atoms with Crippen molar-refractivity contribution < 1.29 is 9.53 Å². The van der Waals surface area contributed by atoms with Gasteiger partial charge in [0.25, 0.3) is 0 Å². The quantitative estimate of drug-likeness (QED) is 0.874. The SMILES string of the molecule is Cl.O=C(NCc1ccccc1-c1ccc(Cl)cc1)C1COCCN1. The second-order valence-corrected chi connectivity index (χ2v) is 5.90. The lowest BCUT2D eigenvalue weighted by Crippen LogP contribution is -2.51. The van der Waals surface area contributed by atoms with Crippen LogP contribution in [0.15, 0.2) is 48.5 Å². The maximum atomic E-state index is 12.2. The number of morpholine rings is 1. The molecule has 2 aromatic carbocycles. The van der Waals surface area contributed by atoms with Crippen molar-refractivity contribution in [2.75, 3.05) is 19.8 Å². The number of benzene rings is 2. The molecule has 24 heavy (non-hydrogen) atoms. The van der Waals surface area contributed by atoms with Crippen molar-refractivity contribution >= 4 is 29.9 Å². The van der Waals surface area contributed by atoms with Crippen LogP contribution in [-0.4, -0.2) is 31.7 Å². The highest BCUT2D eigenvalue weighted by molar-refractivity contribution is 6.30. The van der Waals surface area contributed by atoms with Gasteiger partial charge in [-0.2, -0.15) is 0 Å². The van der Waals surface area contributed by atoms with Gasteiger partial charge in [-0.1, -0.05) is 48.0 Å². The zero-order valence-corrected chi connectivity index (χ0v) is 14.7. The highest BCUT2D eigenvalue weighted by Crippen LogP contribution is 2.25. The number of carbonyl (C=O) groups is 1.